The van der Waals surface area contributed by atoms with Crippen molar-refractivity contribution in [2.24, 2.45) is 17.3 Å². The van der Waals surface area contributed by atoms with Gasteiger partial charge in [-0.3, -0.25) is 0 Å². The first-order valence-electron chi connectivity index (χ1n) is 9.29. The molecular weight excluding hydrogens is 411 g/mol. The monoisotopic (exact) mass is 440 g/mol. The van der Waals surface area contributed by atoms with E-state index < -0.39 is 11.4 Å². The zero-order chi connectivity index (χ0) is 19.9. The third-order valence-corrected chi connectivity index (χ3v) is 8.35. The molecule has 1 saturated heterocycles. The third-order valence-electron chi connectivity index (χ3n) is 5.83. The van der Waals surface area contributed by atoms with Crippen LogP contribution in [0.3, 0.4) is 0 Å². The number of benzene rings is 1. The van der Waals surface area contributed by atoms with E-state index in [0.717, 1.165) is 5.32 Å². The molecule has 1 aromatic carbocycles. The Hall–Kier alpha value is -1.36. The van der Waals surface area contributed by atoms with E-state index in [-0.39, 0.29) is 44.1 Å². The first-order chi connectivity index (χ1) is 12.6. The Balaban J connectivity index is 1.81. The number of hydrogen-bond donors (Lipinski definition) is 0. The predicted octanol–water partition coefficient (Wildman–Crippen LogP) is 2.71. The van der Waals surface area contributed by atoms with Gasteiger partial charge in [0.15, 0.2) is 0 Å². The molecule has 2 aliphatic rings. The van der Waals surface area contributed by atoms with Crippen LogP contribution in [0.5, 0.6) is 0 Å². The van der Waals surface area contributed by atoms with Crippen molar-refractivity contribution >= 4 is 31.4 Å². The van der Waals surface area contributed by atoms with Crippen LogP contribution < -0.4 is 4.46 Å². The summed E-state index contributed by atoms with van der Waals surface area (Å²) in [6.45, 7) is 7.78. The van der Waals surface area contributed by atoms with Gasteiger partial charge in [0, 0.05) is 0 Å². The van der Waals surface area contributed by atoms with Gasteiger partial charge < -0.3 is 0 Å². The molecule has 1 aromatic rings. The van der Waals surface area contributed by atoms with Gasteiger partial charge >= 0.3 is 167 Å². The summed E-state index contributed by atoms with van der Waals surface area (Å²) in [5, 5.41) is 0.863. The molecule has 3 rings (SSSR count). The van der Waals surface area contributed by atoms with Crippen LogP contribution in [0.2, 0.25) is 5.32 Å². The summed E-state index contributed by atoms with van der Waals surface area (Å²) in [5.74, 6) is -1.89. The van der Waals surface area contributed by atoms with Gasteiger partial charge in [0.05, 0.1) is 0 Å². The van der Waals surface area contributed by atoms with Crippen molar-refractivity contribution in [3.63, 3.8) is 0 Å². The average Bonchev–Trinajstić information content (AvgIpc) is 3.11. The minimum absolute atomic E-state index is 0.0486. The molecule has 1 aliphatic carbocycles. The predicted molar refractivity (Wildman–Crippen MR) is 103 cm³/mol. The van der Waals surface area contributed by atoms with Crippen molar-refractivity contribution in [1.82, 2.24) is 0 Å². The molecule has 2 fully saturated rings. The molecule has 1 spiro atoms. The fourth-order valence-corrected chi connectivity index (χ4v) is 6.08. The second-order valence-corrected chi connectivity index (χ2v) is 10.9. The Kier molecular flexibility index (Phi) is 5.46. The molecule has 5 nitrogen and oxygen atoms in total. The summed E-state index contributed by atoms with van der Waals surface area (Å²) in [5.41, 5.74) is -1.41. The van der Waals surface area contributed by atoms with Gasteiger partial charge in [-0.2, -0.15) is 0 Å². The maximum absolute atomic E-state index is 12.8. The van der Waals surface area contributed by atoms with Gasteiger partial charge in [-0.15, -0.1) is 0 Å². The third kappa shape index (κ3) is 3.80. The van der Waals surface area contributed by atoms with Crippen LogP contribution in [0.1, 0.15) is 40.5 Å². The van der Waals surface area contributed by atoms with Crippen molar-refractivity contribution in [3.8, 4) is 0 Å². The van der Waals surface area contributed by atoms with Crippen LogP contribution in [0.25, 0.3) is 0 Å². The Morgan fingerprint density at radius 2 is 1.93 bits per heavy atom. The minimum atomic E-state index is -1.04. The van der Waals surface area contributed by atoms with Gasteiger partial charge in [0.25, 0.3) is 0 Å². The maximum atomic E-state index is 12.8. The number of hydrogen-bond acceptors (Lipinski definition) is 5. The SMILES string of the molecule is COC(=O)C1C[C@@]2(CC1C[Se]c1ccccc1)O[C@](C)(C(C)(C)C)OC2=O. The molecule has 1 saturated carbocycles. The van der Waals surface area contributed by atoms with Gasteiger partial charge in [-0.1, -0.05) is 0 Å². The van der Waals surface area contributed by atoms with Crippen LogP contribution >= 0.6 is 0 Å². The molecule has 0 N–H and O–H groups in total. The summed E-state index contributed by atoms with van der Waals surface area (Å²) >= 11 is 0.222. The van der Waals surface area contributed by atoms with Crippen LogP contribution in [-0.4, -0.2) is 45.4 Å². The van der Waals surface area contributed by atoms with Crippen molar-refractivity contribution in [2.75, 3.05) is 7.11 Å². The van der Waals surface area contributed by atoms with Gasteiger partial charge in [0.2, 0.25) is 0 Å². The molecule has 0 amide bonds. The number of carbonyl (C=O) groups excluding carboxylic acids is 2. The number of carbonyl (C=O) groups is 2. The van der Waals surface area contributed by atoms with Crippen LogP contribution in [0, 0.1) is 17.3 Å². The summed E-state index contributed by atoms with van der Waals surface area (Å²) in [4.78, 5) is 25.3. The average molecular weight is 439 g/mol. The summed E-state index contributed by atoms with van der Waals surface area (Å²) < 4.78 is 18.3. The van der Waals surface area contributed by atoms with Crippen molar-refractivity contribution in [2.45, 2.75) is 57.2 Å². The van der Waals surface area contributed by atoms with Gasteiger partial charge in [0.1, 0.15) is 0 Å². The molecule has 27 heavy (non-hydrogen) atoms. The molecule has 0 radical (unpaired) electrons. The first kappa shape index (κ1) is 20.4. The van der Waals surface area contributed by atoms with Crippen molar-refractivity contribution < 1.29 is 23.8 Å². The molecule has 0 aromatic heterocycles. The number of ether oxygens (including phenoxy) is 3. The Morgan fingerprint density at radius 3 is 2.48 bits per heavy atom. The number of rotatable bonds is 4. The number of cyclic esters (lactones) is 1. The molecular formula is C21H28O5Se. The van der Waals surface area contributed by atoms with Crippen LogP contribution in [0.4, 0.5) is 0 Å². The fourth-order valence-electron chi connectivity index (χ4n) is 3.75. The second kappa shape index (κ2) is 7.23. The van der Waals surface area contributed by atoms with E-state index in [9.17, 15) is 9.59 Å². The van der Waals surface area contributed by atoms with Gasteiger partial charge in [-0.05, 0) is 0 Å². The molecule has 0 bridgehead atoms. The summed E-state index contributed by atoms with van der Waals surface area (Å²) in [7, 11) is 1.40. The zero-order valence-corrected chi connectivity index (χ0v) is 18.3. The Bertz CT molecular complexity index is 713. The summed E-state index contributed by atoms with van der Waals surface area (Å²) in [6.07, 6.45) is 0.839. The standard InChI is InChI=1S/C21H28O5Se/c1-19(2,3)20(4)25-18(23)21(26-20)11-14(16(12-21)17(22)24-5)13-27-15-9-7-6-8-10-15/h6-10,14,16H,11-13H2,1-5H3/t14?,16?,20-,21-/m1/s1. The van der Waals surface area contributed by atoms with Crippen molar-refractivity contribution in [3.05, 3.63) is 30.3 Å². The van der Waals surface area contributed by atoms with E-state index in [1.807, 2.05) is 45.9 Å². The fraction of sp³-hybridized carbons (Fsp3) is 0.619. The van der Waals surface area contributed by atoms with E-state index in [4.69, 9.17) is 14.2 Å². The topological polar surface area (TPSA) is 61.8 Å². The Morgan fingerprint density at radius 1 is 1.26 bits per heavy atom. The zero-order valence-electron chi connectivity index (χ0n) is 16.6. The molecule has 6 heteroatoms. The molecule has 4 atom stereocenters. The Labute approximate surface area is 167 Å². The van der Waals surface area contributed by atoms with Gasteiger partial charge in [-0.25, -0.2) is 0 Å². The normalized spacial score (nSPS) is 33.3. The van der Waals surface area contributed by atoms with E-state index >= 15 is 0 Å². The van der Waals surface area contributed by atoms with E-state index in [2.05, 4.69) is 12.1 Å². The molecule has 1 aliphatic heterocycles. The quantitative estimate of drug-likeness (QED) is 0.533. The van der Waals surface area contributed by atoms with E-state index in [1.54, 1.807) is 0 Å². The van der Waals surface area contributed by atoms with E-state index in [0.29, 0.717) is 12.8 Å². The molecule has 148 valence electrons. The molecule has 1 heterocycles. The number of methoxy groups -OCH3 is 1. The first-order valence-corrected chi connectivity index (χ1v) is 11.4. The summed E-state index contributed by atoms with van der Waals surface area (Å²) in [6, 6.07) is 10.3. The second-order valence-electron chi connectivity index (χ2n) is 8.60. The van der Waals surface area contributed by atoms with E-state index in [1.165, 1.54) is 11.6 Å². The molecule has 2 unspecified atom stereocenters. The van der Waals surface area contributed by atoms with Crippen molar-refractivity contribution in [1.29, 1.82) is 0 Å². The van der Waals surface area contributed by atoms with Crippen LogP contribution in [-0.2, 0) is 23.8 Å². The van der Waals surface area contributed by atoms with Crippen LogP contribution in [0.15, 0.2) is 30.3 Å². The number of esters is 2.